The monoisotopic (exact) mass is 347 g/mol. The van der Waals surface area contributed by atoms with Gasteiger partial charge in [0, 0.05) is 11.4 Å². The van der Waals surface area contributed by atoms with Gasteiger partial charge >= 0.3 is 0 Å². The molecule has 0 aliphatic carbocycles. The van der Waals surface area contributed by atoms with E-state index in [-0.39, 0.29) is 5.41 Å². The van der Waals surface area contributed by atoms with Crippen LogP contribution in [-0.4, -0.2) is 15.2 Å². The van der Waals surface area contributed by atoms with Crippen molar-refractivity contribution in [2.75, 3.05) is 10.6 Å². The summed E-state index contributed by atoms with van der Waals surface area (Å²) in [5, 5.41) is 14.8. The van der Waals surface area contributed by atoms with E-state index in [9.17, 15) is 0 Å². The third-order valence-corrected chi connectivity index (χ3v) is 4.17. The van der Waals surface area contributed by atoms with Gasteiger partial charge in [0.05, 0.1) is 6.20 Å². The highest BCUT2D eigenvalue weighted by Gasteiger charge is 2.18. The normalized spacial score (nSPS) is 11.2. The third kappa shape index (κ3) is 4.36. The fourth-order valence-electron chi connectivity index (χ4n) is 2.75. The fraction of sp³-hybridized carbons (Fsp3) is 0.286. The van der Waals surface area contributed by atoms with Gasteiger partial charge in [-0.05, 0) is 41.2 Å². The minimum Gasteiger partial charge on any atom is -0.339 e. The first kappa shape index (κ1) is 17.9. The molecule has 26 heavy (non-hydrogen) atoms. The molecule has 0 amide bonds. The summed E-state index contributed by atoms with van der Waals surface area (Å²) >= 11 is 0. The Kier molecular flexibility index (Phi) is 5.16. The summed E-state index contributed by atoms with van der Waals surface area (Å²) < 4.78 is 0. The number of benzene rings is 2. The second-order valence-electron chi connectivity index (χ2n) is 7.26. The second-order valence-corrected chi connectivity index (χ2v) is 7.26. The van der Waals surface area contributed by atoms with Crippen LogP contribution >= 0.6 is 0 Å². The Morgan fingerprint density at radius 3 is 2.35 bits per heavy atom. The number of para-hydroxylation sites is 1. The molecule has 0 atom stereocenters. The third-order valence-electron chi connectivity index (χ3n) is 4.17. The molecule has 0 radical (unpaired) electrons. The van der Waals surface area contributed by atoms with Gasteiger partial charge in [0.2, 0.25) is 5.95 Å². The van der Waals surface area contributed by atoms with Crippen LogP contribution in [0.25, 0.3) is 0 Å². The molecule has 0 aliphatic rings. The van der Waals surface area contributed by atoms with Gasteiger partial charge in [-0.3, -0.25) is 0 Å². The minimum absolute atomic E-state index is 0.0217. The van der Waals surface area contributed by atoms with E-state index in [0.29, 0.717) is 11.8 Å². The molecule has 1 aromatic heterocycles. The average molecular weight is 347 g/mol. The zero-order valence-corrected chi connectivity index (χ0v) is 15.7. The quantitative estimate of drug-likeness (QED) is 0.662. The molecule has 0 saturated heterocycles. The van der Waals surface area contributed by atoms with E-state index in [1.807, 2.05) is 30.3 Å². The van der Waals surface area contributed by atoms with Gasteiger partial charge in [0.15, 0.2) is 5.82 Å². The van der Waals surface area contributed by atoms with Crippen LogP contribution in [0.1, 0.15) is 38.8 Å². The summed E-state index contributed by atoms with van der Waals surface area (Å²) in [5.74, 6) is 1.12. The summed E-state index contributed by atoms with van der Waals surface area (Å²) in [7, 11) is 0. The average Bonchev–Trinajstić information content (AvgIpc) is 2.62. The molecule has 0 saturated carbocycles. The molecule has 1 heterocycles. The van der Waals surface area contributed by atoms with Crippen molar-refractivity contribution < 1.29 is 0 Å². The lowest BCUT2D eigenvalue weighted by molar-refractivity contribution is 0.592. The lowest BCUT2D eigenvalue weighted by Crippen LogP contribution is -2.14. The van der Waals surface area contributed by atoms with Gasteiger partial charge in [-0.2, -0.15) is 10.1 Å². The van der Waals surface area contributed by atoms with Crippen LogP contribution < -0.4 is 10.6 Å². The first-order valence-electron chi connectivity index (χ1n) is 8.88. The Balaban J connectivity index is 1.80. The number of anilines is 4. The van der Waals surface area contributed by atoms with Crippen LogP contribution in [0.15, 0.2) is 54.7 Å². The fourth-order valence-corrected chi connectivity index (χ4v) is 2.75. The van der Waals surface area contributed by atoms with E-state index in [4.69, 9.17) is 0 Å². The number of aromatic nitrogens is 3. The predicted molar refractivity (Wildman–Crippen MR) is 107 cm³/mol. The number of aryl methyl sites for hydroxylation is 1. The SMILES string of the molecule is CCc1ccc(Nc2cnnc(Nc3ccccc3C(C)(C)C)n2)cc1. The smallest absolute Gasteiger partial charge is 0.249 e. The first-order chi connectivity index (χ1) is 12.5. The van der Waals surface area contributed by atoms with E-state index in [1.165, 1.54) is 11.1 Å². The summed E-state index contributed by atoms with van der Waals surface area (Å²) in [4.78, 5) is 4.53. The Bertz CT molecular complexity index is 866. The Morgan fingerprint density at radius 2 is 1.65 bits per heavy atom. The van der Waals surface area contributed by atoms with Gasteiger partial charge in [-0.15, -0.1) is 5.10 Å². The van der Waals surface area contributed by atoms with Crippen molar-refractivity contribution in [3.63, 3.8) is 0 Å². The van der Waals surface area contributed by atoms with Crippen LogP contribution in [0.2, 0.25) is 0 Å². The van der Waals surface area contributed by atoms with Crippen LogP contribution in [-0.2, 0) is 11.8 Å². The highest BCUT2D eigenvalue weighted by molar-refractivity contribution is 5.62. The van der Waals surface area contributed by atoms with Crippen LogP contribution in [0, 0.1) is 0 Å². The summed E-state index contributed by atoms with van der Waals surface area (Å²) in [5.41, 5.74) is 4.50. The van der Waals surface area contributed by atoms with Crippen LogP contribution in [0.3, 0.4) is 0 Å². The molecule has 2 aromatic carbocycles. The maximum atomic E-state index is 4.53. The Labute approximate surface area is 154 Å². The molecule has 5 heteroatoms. The number of nitrogens with one attached hydrogen (secondary N) is 2. The van der Waals surface area contributed by atoms with Crippen molar-refractivity contribution in [3.05, 3.63) is 65.9 Å². The summed E-state index contributed by atoms with van der Waals surface area (Å²) in [6, 6.07) is 16.5. The van der Waals surface area contributed by atoms with Crippen LogP contribution in [0.4, 0.5) is 23.1 Å². The molecule has 0 bridgehead atoms. The van der Waals surface area contributed by atoms with Gasteiger partial charge < -0.3 is 10.6 Å². The van der Waals surface area contributed by atoms with Crippen molar-refractivity contribution in [2.24, 2.45) is 0 Å². The number of nitrogens with zero attached hydrogens (tertiary/aromatic N) is 3. The minimum atomic E-state index is 0.0217. The van der Waals surface area contributed by atoms with E-state index >= 15 is 0 Å². The van der Waals surface area contributed by atoms with Crippen molar-refractivity contribution in [2.45, 2.75) is 39.5 Å². The Morgan fingerprint density at radius 1 is 0.923 bits per heavy atom. The molecule has 0 spiro atoms. The molecule has 0 fully saturated rings. The largest absolute Gasteiger partial charge is 0.339 e. The molecule has 134 valence electrons. The second kappa shape index (κ2) is 7.52. The summed E-state index contributed by atoms with van der Waals surface area (Å²) in [6.45, 7) is 8.70. The molecular weight excluding hydrogens is 322 g/mol. The van der Waals surface area contributed by atoms with Crippen LogP contribution in [0.5, 0.6) is 0 Å². The van der Waals surface area contributed by atoms with Gasteiger partial charge in [0.1, 0.15) is 0 Å². The molecule has 0 unspecified atom stereocenters. The zero-order valence-electron chi connectivity index (χ0n) is 15.7. The highest BCUT2D eigenvalue weighted by Crippen LogP contribution is 2.30. The lowest BCUT2D eigenvalue weighted by Gasteiger charge is -2.22. The molecule has 3 rings (SSSR count). The van der Waals surface area contributed by atoms with Gasteiger partial charge in [-0.25, -0.2) is 0 Å². The molecule has 3 aromatic rings. The molecule has 5 nitrogen and oxygen atoms in total. The molecular formula is C21H25N5. The zero-order chi connectivity index (χ0) is 18.6. The molecule has 0 aliphatic heterocycles. The topological polar surface area (TPSA) is 62.7 Å². The van der Waals surface area contributed by atoms with E-state index in [1.54, 1.807) is 6.20 Å². The maximum absolute atomic E-state index is 4.53. The van der Waals surface area contributed by atoms with E-state index < -0.39 is 0 Å². The van der Waals surface area contributed by atoms with Crippen molar-refractivity contribution in [1.82, 2.24) is 15.2 Å². The highest BCUT2D eigenvalue weighted by atomic mass is 15.3. The van der Waals surface area contributed by atoms with Gasteiger partial charge in [-0.1, -0.05) is 58.0 Å². The summed E-state index contributed by atoms with van der Waals surface area (Å²) in [6.07, 6.45) is 2.64. The Hall–Kier alpha value is -2.95. The first-order valence-corrected chi connectivity index (χ1v) is 8.88. The predicted octanol–water partition coefficient (Wildman–Crippen LogP) is 5.22. The van der Waals surface area contributed by atoms with Crippen molar-refractivity contribution in [3.8, 4) is 0 Å². The number of hydrogen-bond donors (Lipinski definition) is 2. The maximum Gasteiger partial charge on any atom is 0.249 e. The number of rotatable bonds is 5. The van der Waals surface area contributed by atoms with Crippen molar-refractivity contribution >= 4 is 23.1 Å². The van der Waals surface area contributed by atoms with E-state index in [2.05, 4.69) is 71.7 Å². The van der Waals surface area contributed by atoms with E-state index in [0.717, 1.165) is 17.8 Å². The van der Waals surface area contributed by atoms with Gasteiger partial charge in [0.25, 0.3) is 0 Å². The standard InChI is InChI=1S/C21H25N5/c1-5-15-10-12-16(13-11-15)23-19-14-22-26-20(25-19)24-18-9-7-6-8-17(18)21(2,3)4/h6-14H,5H2,1-4H3,(H2,23,24,25,26). The lowest BCUT2D eigenvalue weighted by atomic mass is 9.86. The number of hydrogen-bond acceptors (Lipinski definition) is 5. The molecule has 2 N–H and O–H groups in total. The van der Waals surface area contributed by atoms with Crippen molar-refractivity contribution in [1.29, 1.82) is 0 Å².